The smallest absolute Gasteiger partial charge is 0.281 e. The highest BCUT2D eigenvalue weighted by Crippen LogP contribution is 2.43. The summed E-state index contributed by atoms with van der Waals surface area (Å²) in [5, 5.41) is 9.68. The number of aliphatic hydroxyl groups excluding tert-OH is 1. The van der Waals surface area contributed by atoms with Crippen molar-refractivity contribution in [1.82, 2.24) is 19.1 Å². The zero-order valence-corrected chi connectivity index (χ0v) is 16.1. The molecule has 0 aliphatic carbocycles. The highest BCUT2D eigenvalue weighted by atomic mass is 16.8. The fourth-order valence-corrected chi connectivity index (χ4v) is 4.06. The summed E-state index contributed by atoms with van der Waals surface area (Å²) in [7, 11) is 0. The average Bonchev–Trinajstić information content (AvgIpc) is 3.35. The van der Waals surface area contributed by atoms with Crippen molar-refractivity contribution in [1.29, 1.82) is 0 Å². The van der Waals surface area contributed by atoms with Crippen LogP contribution in [0.3, 0.4) is 0 Å². The fraction of sp³-hybridized carbons (Fsp3) is 0.450. The van der Waals surface area contributed by atoms with Crippen molar-refractivity contribution < 1.29 is 19.3 Å². The number of aromatic nitrogens is 4. The van der Waals surface area contributed by atoms with Crippen LogP contribution in [-0.4, -0.2) is 54.9 Å². The van der Waals surface area contributed by atoms with Crippen molar-refractivity contribution in [2.75, 3.05) is 6.61 Å². The molecule has 0 amide bonds. The van der Waals surface area contributed by atoms with Crippen molar-refractivity contribution in [3.63, 3.8) is 0 Å². The number of nitrogens with zero attached hydrogens (tertiary/aromatic N) is 4. The fourth-order valence-electron chi connectivity index (χ4n) is 4.06. The van der Waals surface area contributed by atoms with E-state index in [9.17, 15) is 9.90 Å². The first-order chi connectivity index (χ1) is 14.0. The lowest BCUT2D eigenvalue weighted by Crippen LogP contribution is -2.31. The molecule has 152 valence electrons. The third-order valence-corrected chi connectivity index (χ3v) is 5.33. The number of hydrogen-bond donors (Lipinski definition) is 1. The maximum atomic E-state index is 12.9. The van der Waals surface area contributed by atoms with Gasteiger partial charge in [0.25, 0.3) is 5.56 Å². The van der Waals surface area contributed by atoms with E-state index in [4.69, 9.17) is 14.2 Å². The molecular weight excluding hydrogens is 376 g/mol. The predicted molar refractivity (Wildman–Crippen MR) is 102 cm³/mol. The second kappa shape index (κ2) is 6.74. The second-order valence-corrected chi connectivity index (χ2v) is 7.80. The minimum absolute atomic E-state index is 0.193. The highest BCUT2D eigenvalue weighted by Gasteiger charge is 2.55. The van der Waals surface area contributed by atoms with Crippen LogP contribution in [0.1, 0.15) is 25.6 Å². The Morgan fingerprint density at radius 3 is 2.62 bits per heavy atom. The maximum Gasteiger partial charge on any atom is 0.281 e. The number of aliphatic hydroxyl groups is 1. The summed E-state index contributed by atoms with van der Waals surface area (Å²) >= 11 is 0. The van der Waals surface area contributed by atoms with E-state index in [0.717, 1.165) is 5.56 Å². The monoisotopic (exact) mass is 398 g/mol. The molecule has 2 saturated heterocycles. The van der Waals surface area contributed by atoms with Gasteiger partial charge in [-0.15, -0.1) is 0 Å². The molecule has 2 aliphatic rings. The molecule has 0 spiro atoms. The molecule has 9 nitrogen and oxygen atoms in total. The number of hydrogen-bond acceptors (Lipinski definition) is 7. The lowest BCUT2D eigenvalue weighted by molar-refractivity contribution is -0.199. The summed E-state index contributed by atoms with van der Waals surface area (Å²) in [6.07, 6.45) is 1.08. The van der Waals surface area contributed by atoms with Gasteiger partial charge in [0.05, 0.1) is 19.5 Å². The molecular formula is C20H22N4O5. The van der Waals surface area contributed by atoms with Gasteiger partial charge in [-0.3, -0.25) is 13.9 Å². The quantitative estimate of drug-likeness (QED) is 0.701. The molecule has 0 unspecified atom stereocenters. The van der Waals surface area contributed by atoms with Crippen LogP contribution in [0.5, 0.6) is 0 Å². The van der Waals surface area contributed by atoms with Gasteiger partial charge in [0.15, 0.2) is 23.2 Å². The van der Waals surface area contributed by atoms with Crippen molar-refractivity contribution in [3.05, 3.63) is 58.9 Å². The topological polar surface area (TPSA) is 101 Å². The van der Waals surface area contributed by atoms with Gasteiger partial charge in [-0.1, -0.05) is 30.3 Å². The Labute approximate surface area is 166 Å². The summed E-state index contributed by atoms with van der Waals surface area (Å²) in [5.41, 5.74) is 1.45. The Kier molecular flexibility index (Phi) is 4.28. The molecule has 0 bridgehead atoms. The molecule has 2 aromatic heterocycles. The lowest BCUT2D eigenvalue weighted by Gasteiger charge is -2.24. The van der Waals surface area contributed by atoms with Crippen LogP contribution in [-0.2, 0) is 20.8 Å². The van der Waals surface area contributed by atoms with Crippen LogP contribution < -0.4 is 5.56 Å². The first kappa shape index (κ1) is 18.4. The third-order valence-electron chi connectivity index (χ3n) is 5.33. The van der Waals surface area contributed by atoms with E-state index >= 15 is 0 Å². The van der Waals surface area contributed by atoms with E-state index in [1.54, 1.807) is 4.57 Å². The Balaban J connectivity index is 1.50. The van der Waals surface area contributed by atoms with Gasteiger partial charge in [0, 0.05) is 0 Å². The zero-order valence-electron chi connectivity index (χ0n) is 16.1. The standard InChI is InChI=1S/C20H22N4O5/c1-20(2)28-15-13(9-25)27-19(16(15)29-20)24-11-21-14-17(24)22-10-23(18(14)26)8-12-6-4-3-5-7-12/h3-7,10-11,13,15-16,19,25H,8-9H2,1-2H3/t13-,15-,16-,19-/m1/s1. The van der Waals surface area contributed by atoms with Crippen molar-refractivity contribution in [2.24, 2.45) is 0 Å². The molecule has 2 fully saturated rings. The molecule has 4 atom stereocenters. The first-order valence-electron chi connectivity index (χ1n) is 9.55. The number of fused-ring (bicyclic) bond motifs is 2. The van der Waals surface area contributed by atoms with Gasteiger partial charge < -0.3 is 19.3 Å². The minimum Gasteiger partial charge on any atom is -0.394 e. The second-order valence-electron chi connectivity index (χ2n) is 7.80. The van der Waals surface area contributed by atoms with Crippen LogP contribution in [0.4, 0.5) is 0 Å². The van der Waals surface area contributed by atoms with Crippen LogP contribution in [0.2, 0.25) is 0 Å². The average molecular weight is 398 g/mol. The summed E-state index contributed by atoms with van der Waals surface area (Å²) in [6.45, 7) is 3.87. The number of benzene rings is 1. The Morgan fingerprint density at radius 1 is 1.10 bits per heavy atom. The van der Waals surface area contributed by atoms with E-state index in [0.29, 0.717) is 12.2 Å². The van der Waals surface area contributed by atoms with E-state index in [2.05, 4.69) is 9.97 Å². The van der Waals surface area contributed by atoms with Crippen LogP contribution in [0.25, 0.3) is 11.2 Å². The lowest BCUT2D eigenvalue weighted by atomic mass is 10.1. The van der Waals surface area contributed by atoms with Crippen molar-refractivity contribution in [2.45, 2.75) is 50.7 Å². The van der Waals surface area contributed by atoms with Gasteiger partial charge in [0.1, 0.15) is 24.6 Å². The molecule has 1 N–H and O–H groups in total. The number of rotatable bonds is 4. The van der Waals surface area contributed by atoms with E-state index < -0.39 is 30.3 Å². The molecule has 1 aromatic carbocycles. The minimum atomic E-state index is -0.781. The van der Waals surface area contributed by atoms with Crippen molar-refractivity contribution in [3.8, 4) is 0 Å². The molecule has 3 aromatic rings. The van der Waals surface area contributed by atoms with Gasteiger partial charge >= 0.3 is 0 Å². The molecule has 5 rings (SSSR count). The van der Waals surface area contributed by atoms with E-state index in [1.807, 2.05) is 44.2 Å². The zero-order chi connectivity index (χ0) is 20.2. The highest BCUT2D eigenvalue weighted by molar-refractivity contribution is 5.69. The Bertz CT molecular complexity index is 1090. The summed E-state index contributed by atoms with van der Waals surface area (Å²) in [5.74, 6) is -0.781. The molecule has 4 heterocycles. The predicted octanol–water partition coefficient (Wildman–Crippen LogP) is 1.05. The Hall–Kier alpha value is -2.59. The SMILES string of the molecule is CC1(C)O[C@@H]2[C@H](O1)[C@@H](CO)O[C@H]2n1cnc2c(=O)n(Cc3ccccc3)cnc21. The normalized spacial score (nSPS) is 28.1. The molecule has 0 saturated carbocycles. The number of imidazole rings is 1. The summed E-state index contributed by atoms with van der Waals surface area (Å²) in [6, 6.07) is 9.70. The van der Waals surface area contributed by atoms with Crippen LogP contribution >= 0.6 is 0 Å². The third kappa shape index (κ3) is 3.06. The maximum absolute atomic E-state index is 12.9. The molecule has 9 heteroatoms. The number of ether oxygens (including phenoxy) is 3. The van der Waals surface area contributed by atoms with Crippen LogP contribution in [0.15, 0.2) is 47.8 Å². The van der Waals surface area contributed by atoms with Gasteiger partial charge in [-0.2, -0.15) is 0 Å². The Morgan fingerprint density at radius 2 is 1.86 bits per heavy atom. The molecule has 29 heavy (non-hydrogen) atoms. The largest absolute Gasteiger partial charge is 0.394 e. The van der Waals surface area contributed by atoms with E-state index in [-0.39, 0.29) is 17.7 Å². The van der Waals surface area contributed by atoms with E-state index in [1.165, 1.54) is 17.2 Å². The molecule has 2 aliphatic heterocycles. The first-order valence-corrected chi connectivity index (χ1v) is 9.55. The molecule has 0 radical (unpaired) electrons. The summed E-state index contributed by atoms with van der Waals surface area (Å²) in [4.78, 5) is 21.7. The van der Waals surface area contributed by atoms with Gasteiger partial charge in [-0.25, -0.2) is 9.97 Å². The van der Waals surface area contributed by atoms with Gasteiger partial charge in [-0.05, 0) is 19.4 Å². The van der Waals surface area contributed by atoms with Gasteiger partial charge in [0.2, 0.25) is 0 Å². The van der Waals surface area contributed by atoms with Crippen molar-refractivity contribution >= 4 is 11.2 Å². The van der Waals surface area contributed by atoms with Crippen LogP contribution in [0, 0.1) is 0 Å². The summed E-state index contributed by atoms with van der Waals surface area (Å²) < 4.78 is 21.1.